The summed E-state index contributed by atoms with van der Waals surface area (Å²) in [6, 6.07) is 5.90. The molecule has 1 aromatic rings. The highest BCUT2D eigenvalue weighted by atomic mass is 35.5. The highest BCUT2D eigenvalue weighted by molar-refractivity contribution is 6.32. The highest BCUT2D eigenvalue weighted by Gasteiger charge is 2.06. The first-order valence-electron chi connectivity index (χ1n) is 5.27. The maximum Gasteiger partial charge on any atom is 0.138 e. The normalized spacial score (nSPS) is 12.5. The van der Waals surface area contributed by atoms with Gasteiger partial charge < -0.3 is 10.1 Å². The molecule has 1 rings (SSSR count). The molecule has 3 heteroatoms. The lowest BCUT2D eigenvalue weighted by Gasteiger charge is -2.14. The zero-order chi connectivity index (χ0) is 11.3. The van der Waals surface area contributed by atoms with Crippen molar-refractivity contribution in [3.8, 4) is 5.75 Å². The Labute approximate surface area is 96.6 Å². The molecular formula is C12H18ClNO. The average Bonchev–Trinajstić information content (AvgIpc) is 2.22. The van der Waals surface area contributed by atoms with Crippen molar-refractivity contribution in [2.24, 2.45) is 0 Å². The summed E-state index contributed by atoms with van der Waals surface area (Å²) in [5.41, 5.74) is 1.17. The Morgan fingerprint density at radius 1 is 1.47 bits per heavy atom. The van der Waals surface area contributed by atoms with Gasteiger partial charge in [-0.1, -0.05) is 24.6 Å². The Balaban J connectivity index is 2.74. The van der Waals surface area contributed by atoms with Gasteiger partial charge in [0, 0.05) is 6.54 Å². The number of nitrogens with one attached hydrogen (secondary N) is 1. The Morgan fingerprint density at radius 3 is 2.73 bits per heavy atom. The third kappa shape index (κ3) is 3.73. The van der Waals surface area contributed by atoms with Crippen molar-refractivity contribution in [1.29, 1.82) is 0 Å². The molecule has 1 N–H and O–H groups in total. The fourth-order valence-electron chi connectivity index (χ4n) is 1.25. The molecule has 1 atom stereocenters. The molecule has 0 saturated heterocycles. The average molecular weight is 228 g/mol. The first-order chi connectivity index (χ1) is 7.17. The van der Waals surface area contributed by atoms with Gasteiger partial charge >= 0.3 is 0 Å². The number of hydrogen-bond donors (Lipinski definition) is 1. The van der Waals surface area contributed by atoms with Gasteiger partial charge in [0.05, 0.1) is 11.1 Å². The van der Waals surface area contributed by atoms with Gasteiger partial charge in [0.1, 0.15) is 5.75 Å². The van der Waals surface area contributed by atoms with Crippen LogP contribution in [0.15, 0.2) is 18.2 Å². The van der Waals surface area contributed by atoms with Gasteiger partial charge in [-0.3, -0.25) is 0 Å². The van der Waals surface area contributed by atoms with Gasteiger partial charge in [-0.05, 0) is 38.1 Å². The minimum absolute atomic E-state index is 0.206. The Morgan fingerprint density at radius 2 is 2.20 bits per heavy atom. The maximum absolute atomic E-state index is 6.11. The van der Waals surface area contributed by atoms with Gasteiger partial charge in [0.25, 0.3) is 0 Å². The maximum atomic E-state index is 6.11. The van der Waals surface area contributed by atoms with Crippen molar-refractivity contribution in [2.45, 2.75) is 32.9 Å². The predicted molar refractivity (Wildman–Crippen MR) is 64.6 cm³/mol. The molecule has 0 aliphatic heterocycles. The number of hydrogen-bond acceptors (Lipinski definition) is 2. The molecule has 15 heavy (non-hydrogen) atoms. The van der Waals surface area contributed by atoms with E-state index in [0.717, 1.165) is 18.7 Å². The van der Waals surface area contributed by atoms with Gasteiger partial charge in [-0.25, -0.2) is 0 Å². The van der Waals surface area contributed by atoms with Crippen LogP contribution in [0.4, 0.5) is 0 Å². The quantitative estimate of drug-likeness (QED) is 0.834. The minimum Gasteiger partial charge on any atom is -0.489 e. The summed E-state index contributed by atoms with van der Waals surface area (Å²) < 4.78 is 5.68. The number of benzene rings is 1. The highest BCUT2D eigenvalue weighted by Crippen LogP contribution is 2.26. The monoisotopic (exact) mass is 227 g/mol. The molecule has 0 heterocycles. The fraction of sp³-hybridized carbons (Fsp3) is 0.500. The lowest BCUT2D eigenvalue weighted by Crippen LogP contribution is -2.10. The topological polar surface area (TPSA) is 21.3 Å². The van der Waals surface area contributed by atoms with E-state index in [1.54, 1.807) is 0 Å². The van der Waals surface area contributed by atoms with Crippen LogP contribution in [0, 0.1) is 0 Å². The largest absolute Gasteiger partial charge is 0.489 e. The van der Waals surface area contributed by atoms with E-state index in [4.69, 9.17) is 16.3 Å². The van der Waals surface area contributed by atoms with Crippen molar-refractivity contribution in [2.75, 3.05) is 7.05 Å². The van der Waals surface area contributed by atoms with Crippen molar-refractivity contribution in [3.63, 3.8) is 0 Å². The van der Waals surface area contributed by atoms with E-state index in [2.05, 4.69) is 12.2 Å². The fourth-order valence-corrected chi connectivity index (χ4v) is 1.50. The van der Waals surface area contributed by atoms with Crippen LogP contribution in [0.1, 0.15) is 25.8 Å². The minimum atomic E-state index is 0.206. The number of rotatable bonds is 5. The molecule has 2 nitrogen and oxygen atoms in total. The van der Waals surface area contributed by atoms with E-state index in [9.17, 15) is 0 Å². The van der Waals surface area contributed by atoms with Crippen molar-refractivity contribution in [3.05, 3.63) is 28.8 Å². The SMILES string of the molecule is CCC(C)Oc1ccc(CNC)cc1Cl. The zero-order valence-corrected chi connectivity index (χ0v) is 10.3. The molecule has 0 spiro atoms. The van der Waals surface area contributed by atoms with Crippen LogP contribution < -0.4 is 10.1 Å². The molecule has 0 bridgehead atoms. The summed E-state index contributed by atoms with van der Waals surface area (Å²) in [6.45, 7) is 4.95. The van der Waals surface area contributed by atoms with Gasteiger partial charge in [0.2, 0.25) is 0 Å². The summed E-state index contributed by atoms with van der Waals surface area (Å²) in [5.74, 6) is 0.769. The van der Waals surface area contributed by atoms with Crippen molar-refractivity contribution < 1.29 is 4.74 Å². The molecule has 84 valence electrons. The summed E-state index contributed by atoms with van der Waals surface area (Å²) >= 11 is 6.11. The molecule has 0 saturated carbocycles. The van der Waals surface area contributed by atoms with E-state index in [1.165, 1.54) is 5.56 Å². The van der Waals surface area contributed by atoms with Crippen LogP contribution in [0.25, 0.3) is 0 Å². The van der Waals surface area contributed by atoms with E-state index in [-0.39, 0.29) is 6.10 Å². The van der Waals surface area contributed by atoms with E-state index in [1.807, 2.05) is 32.2 Å². The van der Waals surface area contributed by atoms with Gasteiger partial charge in [0.15, 0.2) is 0 Å². The molecule has 0 radical (unpaired) electrons. The Bertz CT molecular complexity index is 314. The van der Waals surface area contributed by atoms with E-state index < -0.39 is 0 Å². The Kier molecular flexibility index (Phi) is 4.92. The van der Waals surface area contributed by atoms with Crippen LogP contribution in [-0.4, -0.2) is 13.2 Å². The summed E-state index contributed by atoms with van der Waals surface area (Å²) in [6.07, 6.45) is 1.19. The van der Waals surface area contributed by atoms with Gasteiger partial charge in [-0.2, -0.15) is 0 Å². The molecule has 0 aliphatic carbocycles. The van der Waals surface area contributed by atoms with Crippen molar-refractivity contribution in [1.82, 2.24) is 5.32 Å². The van der Waals surface area contributed by atoms with Crippen molar-refractivity contribution >= 4 is 11.6 Å². The second-order valence-electron chi connectivity index (χ2n) is 3.63. The molecule has 0 fully saturated rings. The van der Waals surface area contributed by atoms with E-state index in [0.29, 0.717) is 5.02 Å². The molecule has 0 aromatic heterocycles. The smallest absolute Gasteiger partial charge is 0.138 e. The third-order valence-corrected chi connectivity index (χ3v) is 2.58. The standard InChI is InChI=1S/C12H18ClNO/c1-4-9(2)15-12-6-5-10(8-14-3)7-11(12)13/h5-7,9,14H,4,8H2,1-3H3. The second-order valence-corrected chi connectivity index (χ2v) is 4.04. The number of ether oxygens (including phenoxy) is 1. The second kappa shape index (κ2) is 5.99. The molecule has 0 amide bonds. The third-order valence-electron chi connectivity index (χ3n) is 2.28. The van der Waals surface area contributed by atoms with Crippen LogP contribution in [0.5, 0.6) is 5.75 Å². The first kappa shape index (κ1) is 12.3. The first-order valence-corrected chi connectivity index (χ1v) is 5.64. The predicted octanol–water partition coefficient (Wildman–Crippen LogP) is 3.24. The van der Waals surface area contributed by atoms with Crippen LogP contribution in [0.3, 0.4) is 0 Å². The van der Waals surface area contributed by atoms with E-state index >= 15 is 0 Å². The molecule has 0 aliphatic rings. The molecule has 1 aromatic carbocycles. The lowest BCUT2D eigenvalue weighted by atomic mass is 10.2. The molecule has 1 unspecified atom stereocenters. The summed E-state index contributed by atoms with van der Waals surface area (Å²) in [7, 11) is 1.91. The molecular weight excluding hydrogens is 210 g/mol. The Hall–Kier alpha value is -0.730. The van der Waals surface area contributed by atoms with Crippen LogP contribution >= 0.6 is 11.6 Å². The summed E-state index contributed by atoms with van der Waals surface area (Å²) in [4.78, 5) is 0. The lowest BCUT2D eigenvalue weighted by molar-refractivity contribution is 0.217. The van der Waals surface area contributed by atoms with Crippen LogP contribution in [-0.2, 0) is 6.54 Å². The van der Waals surface area contributed by atoms with Crippen LogP contribution in [0.2, 0.25) is 5.02 Å². The number of halogens is 1. The zero-order valence-electron chi connectivity index (χ0n) is 9.51. The van der Waals surface area contributed by atoms with Gasteiger partial charge in [-0.15, -0.1) is 0 Å². The summed E-state index contributed by atoms with van der Waals surface area (Å²) in [5, 5.41) is 3.77.